The van der Waals surface area contributed by atoms with Gasteiger partial charge in [-0.2, -0.15) is 5.10 Å². The number of ether oxygens (including phenoxy) is 1. The number of hydrogen-bond donors (Lipinski definition) is 1. The summed E-state index contributed by atoms with van der Waals surface area (Å²) in [5.41, 5.74) is 5.38. The van der Waals surface area contributed by atoms with Crippen molar-refractivity contribution in [3.05, 3.63) is 84.9 Å². The Labute approximate surface area is 170 Å². The van der Waals surface area contributed by atoms with Crippen molar-refractivity contribution in [3.8, 4) is 22.5 Å². The lowest BCUT2D eigenvalue weighted by molar-refractivity contribution is 0.0872. The van der Waals surface area contributed by atoms with Crippen LogP contribution < -0.4 is 0 Å². The molecule has 29 heavy (non-hydrogen) atoms. The van der Waals surface area contributed by atoms with Crippen LogP contribution in [0.3, 0.4) is 0 Å². The molecular weight excluding hydrogens is 364 g/mol. The first-order chi connectivity index (χ1) is 14.4. The van der Waals surface area contributed by atoms with Gasteiger partial charge in [0, 0.05) is 30.1 Å². The molecule has 6 heteroatoms. The van der Waals surface area contributed by atoms with Crippen LogP contribution in [0, 0.1) is 0 Å². The van der Waals surface area contributed by atoms with Gasteiger partial charge in [0.2, 0.25) is 0 Å². The van der Waals surface area contributed by atoms with E-state index in [-0.39, 0.29) is 6.61 Å². The zero-order valence-electron chi connectivity index (χ0n) is 16.2. The van der Waals surface area contributed by atoms with E-state index in [4.69, 9.17) is 14.8 Å². The Morgan fingerprint density at radius 2 is 1.76 bits per heavy atom. The average molecular weight is 388 g/mol. The van der Waals surface area contributed by atoms with E-state index in [2.05, 4.69) is 46.1 Å². The summed E-state index contributed by atoms with van der Waals surface area (Å²) in [6.07, 6.45) is 5.63. The minimum Gasteiger partial charge on any atom is -0.394 e. The molecule has 0 bridgehead atoms. The summed E-state index contributed by atoms with van der Waals surface area (Å²) < 4.78 is 9.54. The number of imidazole rings is 1. The van der Waals surface area contributed by atoms with E-state index in [1.165, 1.54) is 5.56 Å². The Kier molecular flexibility index (Phi) is 6.14. The number of hydrogen-bond acceptors (Lipinski definition) is 4. The zero-order valence-corrected chi connectivity index (χ0v) is 16.2. The molecule has 0 amide bonds. The van der Waals surface area contributed by atoms with Crippen molar-refractivity contribution >= 4 is 0 Å². The maximum absolute atomic E-state index is 8.96. The first-order valence-corrected chi connectivity index (χ1v) is 9.71. The lowest BCUT2D eigenvalue weighted by Gasteiger charge is -2.15. The van der Waals surface area contributed by atoms with Crippen LogP contribution in [0.25, 0.3) is 22.5 Å². The van der Waals surface area contributed by atoms with Crippen LogP contribution in [-0.4, -0.2) is 44.3 Å². The van der Waals surface area contributed by atoms with Crippen LogP contribution in [0.5, 0.6) is 0 Å². The van der Waals surface area contributed by atoms with Gasteiger partial charge in [-0.1, -0.05) is 54.6 Å². The number of nitrogens with zero attached hydrogens (tertiary/aromatic N) is 4. The van der Waals surface area contributed by atoms with Gasteiger partial charge in [0.05, 0.1) is 44.1 Å². The Hall–Kier alpha value is -3.22. The van der Waals surface area contributed by atoms with Gasteiger partial charge < -0.3 is 14.4 Å². The largest absolute Gasteiger partial charge is 0.394 e. The number of aliphatic hydroxyl groups is 1. The van der Waals surface area contributed by atoms with Gasteiger partial charge >= 0.3 is 0 Å². The fourth-order valence-electron chi connectivity index (χ4n) is 3.43. The molecule has 1 N–H and O–H groups in total. The highest BCUT2D eigenvalue weighted by Gasteiger charge is 2.17. The predicted octanol–water partition coefficient (Wildman–Crippen LogP) is 3.47. The Balaban J connectivity index is 1.76. The van der Waals surface area contributed by atoms with Crippen molar-refractivity contribution in [3.63, 3.8) is 0 Å². The Morgan fingerprint density at radius 1 is 0.931 bits per heavy atom. The van der Waals surface area contributed by atoms with Crippen LogP contribution in [0.1, 0.15) is 5.56 Å². The van der Waals surface area contributed by atoms with Gasteiger partial charge in [-0.05, 0) is 11.6 Å². The summed E-state index contributed by atoms with van der Waals surface area (Å²) in [6, 6.07) is 20.5. The van der Waals surface area contributed by atoms with E-state index < -0.39 is 0 Å². The number of rotatable bonds is 9. The molecule has 0 aliphatic carbocycles. The molecular formula is C23H24N4O2. The second-order valence-corrected chi connectivity index (χ2v) is 6.70. The summed E-state index contributed by atoms with van der Waals surface area (Å²) in [6.45, 7) is 2.22. The van der Waals surface area contributed by atoms with Crippen LogP contribution in [0.4, 0.5) is 0 Å². The fraction of sp³-hybridized carbons (Fsp3) is 0.217. The second-order valence-electron chi connectivity index (χ2n) is 6.70. The van der Waals surface area contributed by atoms with E-state index in [1.807, 2.05) is 41.5 Å². The normalized spacial score (nSPS) is 11.1. The van der Waals surface area contributed by atoms with Crippen molar-refractivity contribution in [2.45, 2.75) is 13.1 Å². The number of aromatic nitrogens is 4. The van der Waals surface area contributed by atoms with Crippen LogP contribution in [0.15, 0.2) is 79.4 Å². The minimum absolute atomic E-state index is 0.0265. The maximum Gasteiger partial charge on any atom is 0.0963 e. The molecule has 4 aromatic rings. The Bertz CT molecular complexity index is 1030. The molecule has 0 saturated carbocycles. The van der Waals surface area contributed by atoms with E-state index in [0.29, 0.717) is 26.3 Å². The smallest absolute Gasteiger partial charge is 0.0963 e. The van der Waals surface area contributed by atoms with Crippen molar-refractivity contribution in [1.29, 1.82) is 0 Å². The molecule has 0 atom stereocenters. The standard InChI is InChI=1S/C23H24N4O2/c28-14-16-29-15-13-26-18-24-22(19-7-2-1-3-8-19)23(26)21-10-5-4-9-20(21)17-27-12-6-11-25-27/h1-12,18,28H,13-17H2. The third-order valence-electron chi connectivity index (χ3n) is 4.76. The molecule has 2 heterocycles. The third kappa shape index (κ3) is 4.45. The fourth-order valence-corrected chi connectivity index (χ4v) is 3.43. The quantitative estimate of drug-likeness (QED) is 0.446. The molecule has 0 saturated heterocycles. The van der Waals surface area contributed by atoms with E-state index in [1.54, 1.807) is 6.20 Å². The van der Waals surface area contributed by atoms with Crippen LogP contribution in [-0.2, 0) is 17.8 Å². The van der Waals surface area contributed by atoms with Gasteiger partial charge in [-0.25, -0.2) is 4.98 Å². The van der Waals surface area contributed by atoms with Gasteiger partial charge in [0.25, 0.3) is 0 Å². The van der Waals surface area contributed by atoms with Gasteiger partial charge in [0.15, 0.2) is 0 Å². The highest BCUT2D eigenvalue weighted by Crippen LogP contribution is 2.33. The molecule has 0 radical (unpaired) electrons. The Morgan fingerprint density at radius 3 is 2.55 bits per heavy atom. The minimum atomic E-state index is 0.0265. The third-order valence-corrected chi connectivity index (χ3v) is 4.76. The SMILES string of the molecule is OCCOCCn1cnc(-c2ccccc2)c1-c1ccccc1Cn1cccn1. The predicted molar refractivity (Wildman–Crippen MR) is 112 cm³/mol. The molecule has 0 fully saturated rings. The van der Waals surface area contributed by atoms with Gasteiger partial charge in [-0.15, -0.1) is 0 Å². The van der Waals surface area contributed by atoms with Gasteiger partial charge in [0.1, 0.15) is 0 Å². The molecule has 0 aliphatic rings. The first-order valence-electron chi connectivity index (χ1n) is 9.71. The molecule has 2 aromatic heterocycles. The maximum atomic E-state index is 8.96. The summed E-state index contributed by atoms with van der Waals surface area (Å²) in [5, 5.41) is 13.3. The van der Waals surface area contributed by atoms with Gasteiger partial charge in [-0.3, -0.25) is 4.68 Å². The summed E-state index contributed by atoms with van der Waals surface area (Å²) >= 11 is 0. The summed E-state index contributed by atoms with van der Waals surface area (Å²) in [7, 11) is 0. The highest BCUT2D eigenvalue weighted by atomic mass is 16.5. The molecule has 6 nitrogen and oxygen atoms in total. The zero-order chi connectivity index (χ0) is 19.9. The molecule has 0 spiro atoms. The molecule has 0 unspecified atom stereocenters. The lowest BCUT2D eigenvalue weighted by atomic mass is 10.00. The van der Waals surface area contributed by atoms with Crippen molar-refractivity contribution < 1.29 is 9.84 Å². The summed E-state index contributed by atoms with van der Waals surface area (Å²) in [4.78, 5) is 4.74. The second kappa shape index (κ2) is 9.32. The number of benzene rings is 2. The molecule has 148 valence electrons. The van der Waals surface area contributed by atoms with Crippen molar-refractivity contribution in [2.24, 2.45) is 0 Å². The van der Waals surface area contributed by atoms with Crippen molar-refractivity contribution in [2.75, 3.05) is 19.8 Å². The highest BCUT2D eigenvalue weighted by molar-refractivity contribution is 5.80. The monoisotopic (exact) mass is 388 g/mol. The average Bonchev–Trinajstić information content (AvgIpc) is 3.42. The van der Waals surface area contributed by atoms with E-state index in [9.17, 15) is 0 Å². The van der Waals surface area contributed by atoms with E-state index >= 15 is 0 Å². The van der Waals surface area contributed by atoms with Crippen LogP contribution in [0.2, 0.25) is 0 Å². The molecule has 4 rings (SSSR count). The lowest BCUT2D eigenvalue weighted by Crippen LogP contribution is -2.10. The summed E-state index contributed by atoms with van der Waals surface area (Å²) in [5.74, 6) is 0. The van der Waals surface area contributed by atoms with Crippen molar-refractivity contribution in [1.82, 2.24) is 19.3 Å². The van der Waals surface area contributed by atoms with Crippen LogP contribution >= 0.6 is 0 Å². The molecule has 2 aromatic carbocycles. The first kappa shape index (κ1) is 19.1. The topological polar surface area (TPSA) is 65.1 Å². The number of aliphatic hydroxyl groups excluding tert-OH is 1. The molecule has 0 aliphatic heterocycles. The van der Waals surface area contributed by atoms with E-state index in [0.717, 1.165) is 22.5 Å².